The predicted octanol–water partition coefficient (Wildman–Crippen LogP) is 2.89. The highest BCUT2D eigenvalue weighted by molar-refractivity contribution is 5.39. The smallest absolute Gasteiger partial charge is 0.119 e. The molecule has 0 aliphatic heterocycles. The number of hydrogen-bond donors (Lipinski definition) is 0. The molecule has 0 saturated carbocycles. The van der Waals surface area contributed by atoms with Crippen molar-refractivity contribution < 1.29 is 9.47 Å². The average Bonchev–Trinajstić information content (AvgIpc) is 2.68. The van der Waals surface area contributed by atoms with E-state index < -0.39 is 0 Å². The van der Waals surface area contributed by atoms with Crippen molar-refractivity contribution in [3.05, 3.63) is 42.0 Å². The molecule has 0 amide bonds. The lowest BCUT2D eigenvalue weighted by molar-refractivity contribution is 0.0758. The summed E-state index contributed by atoms with van der Waals surface area (Å²) in [7, 11) is 1.70. The van der Waals surface area contributed by atoms with E-state index in [9.17, 15) is 0 Å². The molecule has 1 atom stereocenters. The molecule has 2 rings (SSSR count). The molecule has 0 bridgehead atoms. The van der Waals surface area contributed by atoms with E-state index in [2.05, 4.69) is 18.7 Å². The zero-order valence-corrected chi connectivity index (χ0v) is 9.03. The van der Waals surface area contributed by atoms with Crippen molar-refractivity contribution in [2.24, 2.45) is 0 Å². The molecular weight excluding hydrogens is 188 g/mol. The number of rotatable bonds is 4. The minimum Gasteiger partial charge on any atom is -0.497 e. The van der Waals surface area contributed by atoms with Crippen LogP contribution in [0.2, 0.25) is 0 Å². The third-order valence-corrected chi connectivity index (χ3v) is 2.79. The second-order valence-electron chi connectivity index (χ2n) is 3.71. The number of hydrogen-bond acceptors (Lipinski definition) is 2. The maximum atomic E-state index is 5.69. The van der Waals surface area contributed by atoms with E-state index in [0.717, 1.165) is 18.6 Å². The Morgan fingerprint density at radius 2 is 2.40 bits per heavy atom. The summed E-state index contributed by atoms with van der Waals surface area (Å²) in [6, 6.07) is 6.20. The van der Waals surface area contributed by atoms with E-state index in [0.29, 0.717) is 6.61 Å². The van der Waals surface area contributed by atoms with E-state index in [-0.39, 0.29) is 6.10 Å². The number of fused-ring (bicyclic) bond motifs is 1. The quantitative estimate of drug-likeness (QED) is 0.702. The molecule has 0 heterocycles. The van der Waals surface area contributed by atoms with E-state index >= 15 is 0 Å². The summed E-state index contributed by atoms with van der Waals surface area (Å²) in [6.07, 6.45) is 4.18. The first-order valence-electron chi connectivity index (χ1n) is 5.24. The van der Waals surface area contributed by atoms with Crippen molar-refractivity contribution in [3.63, 3.8) is 0 Å². The minimum atomic E-state index is 0.240. The maximum absolute atomic E-state index is 5.69. The van der Waals surface area contributed by atoms with Gasteiger partial charge in [0.15, 0.2) is 0 Å². The van der Waals surface area contributed by atoms with Crippen LogP contribution in [0, 0.1) is 0 Å². The second kappa shape index (κ2) is 4.49. The summed E-state index contributed by atoms with van der Waals surface area (Å²) in [5, 5.41) is 0. The fourth-order valence-electron chi connectivity index (χ4n) is 2.04. The second-order valence-corrected chi connectivity index (χ2v) is 3.71. The Balaban J connectivity index is 2.16. The highest BCUT2D eigenvalue weighted by Gasteiger charge is 2.22. The summed E-state index contributed by atoms with van der Waals surface area (Å²) in [5.74, 6) is 0.929. The number of aryl methyl sites for hydroxylation is 1. The van der Waals surface area contributed by atoms with Gasteiger partial charge in [0, 0.05) is 0 Å². The van der Waals surface area contributed by atoms with Crippen LogP contribution >= 0.6 is 0 Å². The first-order chi connectivity index (χ1) is 7.35. The third kappa shape index (κ3) is 2.05. The molecule has 0 N–H and O–H groups in total. The van der Waals surface area contributed by atoms with E-state index in [1.54, 1.807) is 13.2 Å². The number of benzene rings is 1. The number of ether oxygens (including phenoxy) is 2. The topological polar surface area (TPSA) is 18.5 Å². The first kappa shape index (κ1) is 10.2. The van der Waals surface area contributed by atoms with Gasteiger partial charge in [-0.2, -0.15) is 0 Å². The zero-order chi connectivity index (χ0) is 10.7. The summed E-state index contributed by atoms with van der Waals surface area (Å²) < 4.78 is 10.9. The van der Waals surface area contributed by atoms with Crippen molar-refractivity contribution in [1.29, 1.82) is 0 Å². The summed E-state index contributed by atoms with van der Waals surface area (Å²) >= 11 is 0. The van der Waals surface area contributed by atoms with E-state index in [4.69, 9.17) is 9.47 Å². The molecule has 0 spiro atoms. The standard InChI is InChI=1S/C13H16O2/c1-3-8-15-13-7-4-10-9-11(14-2)5-6-12(10)13/h3,5-6,9,13H,1,4,7-8H2,2H3/t13-/m1/s1. The Morgan fingerprint density at radius 1 is 1.53 bits per heavy atom. The first-order valence-corrected chi connectivity index (χ1v) is 5.24. The summed E-state index contributed by atoms with van der Waals surface area (Å²) in [4.78, 5) is 0. The molecule has 15 heavy (non-hydrogen) atoms. The summed E-state index contributed by atoms with van der Waals surface area (Å²) in [5.41, 5.74) is 2.65. The molecule has 0 unspecified atom stereocenters. The SMILES string of the molecule is C=CCO[C@@H]1CCc2cc(OC)ccc21. The monoisotopic (exact) mass is 204 g/mol. The largest absolute Gasteiger partial charge is 0.497 e. The average molecular weight is 204 g/mol. The fourth-order valence-corrected chi connectivity index (χ4v) is 2.04. The third-order valence-electron chi connectivity index (χ3n) is 2.79. The van der Waals surface area contributed by atoms with Crippen LogP contribution in [0.3, 0.4) is 0 Å². The molecule has 1 aromatic carbocycles. The van der Waals surface area contributed by atoms with Crippen LogP contribution in [0.5, 0.6) is 5.75 Å². The van der Waals surface area contributed by atoms with Crippen LogP contribution in [0.15, 0.2) is 30.9 Å². The van der Waals surface area contributed by atoms with Gasteiger partial charge in [-0.25, -0.2) is 0 Å². The van der Waals surface area contributed by atoms with Gasteiger partial charge < -0.3 is 9.47 Å². The van der Waals surface area contributed by atoms with Crippen LogP contribution < -0.4 is 4.74 Å². The Hall–Kier alpha value is -1.28. The molecule has 0 aromatic heterocycles. The van der Waals surface area contributed by atoms with Gasteiger partial charge in [-0.1, -0.05) is 12.1 Å². The molecule has 1 aliphatic rings. The Morgan fingerprint density at radius 3 is 3.13 bits per heavy atom. The number of methoxy groups -OCH3 is 1. The molecule has 1 aliphatic carbocycles. The van der Waals surface area contributed by atoms with Crippen LogP contribution in [-0.4, -0.2) is 13.7 Å². The zero-order valence-electron chi connectivity index (χ0n) is 9.03. The van der Waals surface area contributed by atoms with Gasteiger partial charge >= 0.3 is 0 Å². The molecule has 2 nitrogen and oxygen atoms in total. The van der Waals surface area contributed by atoms with Crippen LogP contribution in [0.4, 0.5) is 0 Å². The van der Waals surface area contributed by atoms with Gasteiger partial charge in [-0.15, -0.1) is 6.58 Å². The van der Waals surface area contributed by atoms with Crippen LogP contribution in [0.25, 0.3) is 0 Å². The fraction of sp³-hybridized carbons (Fsp3) is 0.385. The van der Waals surface area contributed by atoms with Crippen molar-refractivity contribution >= 4 is 0 Å². The van der Waals surface area contributed by atoms with Crippen molar-refractivity contribution in [2.75, 3.05) is 13.7 Å². The molecule has 0 radical (unpaired) electrons. The lowest BCUT2D eigenvalue weighted by Crippen LogP contribution is -1.99. The highest BCUT2D eigenvalue weighted by atomic mass is 16.5. The van der Waals surface area contributed by atoms with Crippen molar-refractivity contribution in [2.45, 2.75) is 18.9 Å². The Kier molecular flexibility index (Phi) is 3.07. The molecule has 2 heteroatoms. The lowest BCUT2D eigenvalue weighted by atomic mass is 10.1. The molecule has 80 valence electrons. The minimum absolute atomic E-state index is 0.240. The van der Waals surface area contributed by atoms with Gasteiger partial charge in [0.2, 0.25) is 0 Å². The Bertz CT molecular complexity index is 358. The maximum Gasteiger partial charge on any atom is 0.119 e. The van der Waals surface area contributed by atoms with Gasteiger partial charge in [-0.05, 0) is 36.1 Å². The predicted molar refractivity (Wildman–Crippen MR) is 60.2 cm³/mol. The van der Waals surface area contributed by atoms with Gasteiger partial charge in [-0.3, -0.25) is 0 Å². The van der Waals surface area contributed by atoms with E-state index in [1.165, 1.54) is 11.1 Å². The van der Waals surface area contributed by atoms with E-state index in [1.807, 2.05) is 6.07 Å². The molecule has 1 aromatic rings. The Labute approximate surface area is 90.5 Å². The molecule has 0 saturated heterocycles. The van der Waals surface area contributed by atoms with Gasteiger partial charge in [0.25, 0.3) is 0 Å². The van der Waals surface area contributed by atoms with Crippen LogP contribution in [0.1, 0.15) is 23.7 Å². The molecular formula is C13H16O2. The normalized spacial score (nSPS) is 18.6. The van der Waals surface area contributed by atoms with Gasteiger partial charge in [0.1, 0.15) is 5.75 Å². The van der Waals surface area contributed by atoms with Crippen molar-refractivity contribution in [3.8, 4) is 5.75 Å². The van der Waals surface area contributed by atoms with Gasteiger partial charge in [0.05, 0.1) is 19.8 Å². The summed E-state index contributed by atoms with van der Waals surface area (Å²) in [6.45, 7) is 4.28. The highest BCUT2D eigenvalue weighted by Crippen LogP contribution is 2.35. The van der Waals surface area contributed by atoms with Crippen molar-refractivity contribution in [1.82, 2.24) is 0 Å². The van der Waals surface area contributed by atoms with Crippen LogP contribution in [-0.2, 0) is 11.2 Å². The molecule has 0 fully saturated rings. The lowest BCUT2D eigenvalue weighted by Gasteiger charge is -2.11.